The van der Waals surface area contributed by atoms with Crippen LogP contribution >= 0.6 is 23.5 Å². The SMILES string of the molecule is CCCCCCCCCCCCc1cc2c3cccc4c5cc(OCCOCCOCCSC(C)=O)cc6c7cc(OCCOCCOCCSC(C)=O)cc8c9cccc%10c%11cc(CCCCCCCCCCCC)cc%12c(c1)c2c1c(c34)c(c56)c(c87)c(c%109)c1c%11%12. The summed E-state index contributed by atoms with van der Waals surface area (Å²) in [5, 5.41) is 32.1. The predicted molar refractivity (Wildman–Crippen MR) is 395 cm³/mol. The molecule has 0 aromatic heterocycles. The van der Waals surface area contributed by atoms with Crippen molar-refractivity contribution in [1.82, 2.24) is 0 Å². The maximum atomic E-state index is 11.4. The molecule has 482 valence electrons. The number of benzene rings is 13. The van der Waals surface area contributed by atoms with E-state index in [0.29, 0.717) is 77.6 Å². The third kappa shape index (κ3) is 13.4. The molecular weight excluding hydrogens is 1180 g/mol. The van der Waals surface area contributed by atoms with Crippen LogP contribution in [0.4, 0.5) is 0 Å². The summed E-state index contributed by atoms with van der Waals surface area (Å²) in [6.07, 6.45) is 28.7. The van der Waals surface area contributed by atoms with E-state index in [4.69, 9.17) is 28.4 Å². The first-order chi connectivity index (χ1) is 45.3. The highest BCUT2D eigenvalue weighted by molar-refractivity contribution is 8.13. The Morgan fingerprint density at radius 3 is 0.859 bits per heavy atom. The van der Waals surface area contributed by atoms with Crippen molar-refractivity contribution < 1.29 is 38.0 Å². The molecule has 10 heteroatoms. The molecule has 13 aromatic rings. The summed E-state index contributed by atoms with van der Waals surface area (Å²) >= 11 is 2.57. The minimum Gasteiger partial charge on any atom is -0.491 e. The van der Waals surface area contributed by atoms with E-state index in [9.17, 15) is 9.59 Å². The molecule has 0 heterocycles. The molecule has 0 N–H and O–H groups in total. The van der Waals surface area contributed by atoms with E-state index in [1.165, 1.54) is 282 Å². The molecule has 8 nitrogen and oxygen atoms in total. The second-order valence-electron chi connectivity index (χ2n) is 26.3. The topological polar surface area (TPSA) is 89.5 Å². The Kier molecular flexibility index (Phi) is 21.5. The molecule has 0 spiro atoms. The van der Waals surface area contributed by atoms with Gasteiger partial charge in [-0.1, -0.05) is 214 Å². The third-order valence-corrected chi connectivity index (χ3v) is 21.5. The van der Waals surface area contributed by atoms with Gasteiger partial charge in [0.05, 0.1) is 52.9 Å². The quantitative estimate of drug-likeness (QED) is 0.0209. The average Bonchev–Trinajstić information content (AvgIpc) is 0.646. The van der Waals surface area contributed by atoms with Crippen LogP contribution in [0.1, 0.15) is 167 Å². The van der Waals surface area contributed by atoms with E-state index in [0.717, 1.165) is 35.1 Å². The van der Waals surface area contributed by atoms with Crippen molar-refractivity contribution in [3.63, 3.8) is 0 Å². The number of thioether (sulfide) groups is 2. The fraction of sp³-hybridized carbons (Fsp3) is 0.463. The number of hydrogen-bond donors (Lipinski definition) is 0. The summed E-state index contributed by atoms with van der Waals surface area (Å²) in [4.78, 5) is 22.8. The van der Waals surface area contributed by atoms with Gasteiger partial charge >= 0.3 is 0 Å². The number of hydrogen-bond acceptors (Lipinski definition) is 10. The second-order valence-corrected chi connectivity index (χ2v) is 28.9. The van der Waals surface area contributed by atoms with Gasteiger partial charge in [0.15, 0.2) is 10.2 Å². The Labute approximate surface area is 551 Å². The zero-order chi connectivity index (χ0) is 62.9. The van der Waals surface area contributed by atoms with Gasteiger partial charge in [0.1, 0.15) is 24.7 Å². The van der Waals surface area contributed by atoms with Crippen LogP contribution in [-0.4, -0.2) is 87.8 Å². The molecule has 0 aliphatic heterocycles. The Hall–Kier alpha value is -5.98. The smallest absolute Gasteiger partial charge is 0.185 e. The molecule has 0 fully saturated rings. The molecule has 0 amide bonds. The highest BCUT2D eigenvalue weighted by Crippen LogP contribution is 2.61. The van der Waals surface area contributed by atoms with Crippen LogP contribution in [0.25, 0.3) is 129 Å². The van der Waals surface area contributed by atoms with Crippen LogP contribution in [-0.2, 0) is 41.4 Å². The minimum absolute atomic E-state index is 0.103. The van der Waals surface area contributed by atoms with E-state index < -0.39 is 0 Å². The van der Waals surface area contributed by atoms with Crippen LogP contribution < -0.4 is 9.47 Å². The normalized spacial score (nSPS) is 12.7. The van der Waals surface area contributed by atoms with Gasteiger partial charge in [-0.3, -0.25) is 9.59 Å². The van der Waals surface area contributed by atoms with Gasteiger partial charge in [-0.05, 0) is 190 Å². The molecule has 0 saturated heterocycles. The summed E-state index contributed by atoms with van der Waals surface area (Å²) in [6, 6.07) is 34.0. The predicted octanol–water partition coefficient (Wildman–Crippen LogP) is 22.5. The maximum absolute atomic E-state index is 11.4. The molecule has 0 bridgehead atoms. The van der Waals surface area contributed by atoms with Crippen LogP contribution in [0.5, 0.6) is 11.5 Å². The molecule has 0 atom stereocenters. The molecule has 13 aromatic carbocycles. The van der Waals surface area contributed by atoms with Crippen molar-refractivity contribution in [2.75, 3.05) is 77.6 Å². The van der Waals surface area contributed by atoms with Crippen molar-refractivity contribution in [3.05, 3.63) is 96.1 Å². The number of carbonyl (C=O) groups is 2. The fourth-order valence-electron chi connectivity index (χ4n) is 15.9. The highest BCUT2D eigenvalue weighted by atomic mass is 32.2. The molecule has 0 saturated carbocycles. The molecular formula is C82H94O8S2. The van der Waals surface area contributed by atoms with E-state index in [1.54, 1.807) is 13.8 Å². The molecule has 0 radical (unpaired) electrons. The van der Waals surface area contributed by atoms with Crippen molar-refractivity contribution >= 4 is 163 Å². The lowest BCUT2D eigenvalue weighted by atomic mass is 9.73. The van der Waals surface area contributed by atoms with Gasteiger partial charge in [-0.2, -0.15) is 0 Å². The van der Waals surface area contributed by atoms with E-state index in [1.807, 2.05) is 0 Å². The zero-order valence-corrected chi connectivity index (χ0v) is 56.8. The van der Waals surface area contributed by atoms with Gasteiger partial charge in [-0.25, -0.2) is 0 Å². The van der Waals surface area contributed by atoms with Crippen molar-refractivity contribution in [2.45, 2.75) is 169 Å². The summed E-state index contributed by atoms with van der Waals surface area (Å²) in [7, 11) is 0. The second kappa shape index (κ2) is 30.6. The first-order valence-corrected chi connectivity index (χ1v) is 37.4. The monoisotopic (exact) mass is 1270 g/mol. The van der Waals surface area contributed by atoms with Crippen LogP contribution in [0.15, 0.2) is 84.9 Å². The molecule has 13 rings (SSSR count). The summed E-state index contributed by atoms with van der Waals surface area (Å²) < 4.78 is 37.3. The van der Waals surface area contributed by atoms with Crippen LogP contribution in [0.2, 0.25) is 0 Å². The lowest BCUT2D eigenvalue weighted by Crippen LogP contribution is -2.12. The number of unbranched alkanes of at least 4 members (excludes halogenated alkanes) is 18. The fourth-order valence-corrected chi connectivity index (χ4v) is 16.8. The summed E-state index contributed by atoms with van der Waals surface area (Å²) in [5.41, 5.74) is 2.91. The Bertz CT molecular complexity index is 4260. The van der Waals surface area contributed by atoms with Crippen LogP contribution in [0.3, 0.4) is 0 Å². The number of rotatable bonds is 42. The lowest BCUT2D eigenvalue weighted by molar-refractivity contribution is -0.109. The van der Waals surface area contributed by atoms with Crippen molar-refractivity contribution in [1.29, 1.82) is 0 Å². The molecule has 0 unspecified atom stereocenters. The van der Waals surface area contributed by atoms with Crippen molar-refractivity contribution in [2.24, 2.45) is 0 Å². The molecule has 0 aliphatic rings. The standard InChI is InChI=1S/C82H94O8S2/c1-5-7-9-11-13-15-17-19-21-23-27-55-45-63-59-29-25-31-61-67-49-57(89-39-37-85-33-35-87-41-43-91-53(3)83)51-69-70-52-58(90-40-38-86-34-36-88-42-44-92-54(4)84)50-68-62-32-26-30-60-64-46-56(28-24-22-20-18-16-14-12-10-8-6-2)48-66-65(47-55)73(63)79-77(71(59)61)81(75(67)69)82(76(68)70)78(72(60)62)80(79)74(64)66/h25-26,29-32,45-52H,5-24,27-28,33-44H2,1-4H3. The highest BCUT2D eigenvalue weighted by Gasteiger charge is 2.32. The van der Waals surface area contributed by atoms with Gasteiger partial charge in [0.2, 0.25) is 0 Å². The number of carbonyl (C=O) groups excluding carboxylic acids is 2. The zero-order valence-electron chi connectivity index (χ0n) is 55.2. The number of ether oxygens (including phenoxy) is 6. The first-order valence-electron chi connectivity index (χ1n) is 35.4. The van der Waals surface area contributed by atoms with Gasteiger partial charge in [-0.15, -0.1) is 0 Å². The lowest BCUT2D eigenvalue weighted by Gasteiger charge is -2.30. The third-order valence-electron chi connectivity index (χ3n) is 19.9. The number of fused-ring (bicyclic) bond motifs is 6. The summed E-state index contributed by atoms with van der Waals surface area (Å²) in [6.45, 7) is 12.2. The molecule has 0 aliphatic carbocycles. The Morgan fingerprint density at radius 2 is 0.543 bits per heavy atom. The van der Waals surface area contributed by atoms with Gasteiger partial charge in [0.25, 0.3) is 0 Å². The maximum Gasteiger partial charge on any atom is 0.185 e. The van der Waals surface area contributed by atoms with E-state index >= 15 is 0 Å². The van der Waals surface area contributed by atoms with E-state index in [2.05, 4.69) is 98.8 Å². The van der Waals surface area contributed by atoms with E-state index in [-0.39, 0.29) is 10.2 Å². The van der Waals surface area contributed by atoms with Gasteiger partial charge in [0, 0.05) is 25.4 Å². The van der Waals surface area contributed by atoms with Crippen LogP contribution in [0, 0.1) is 0 Å². The average molecular weight is 1270 g/mol. The number of aryl methyl sites for hydroxylation is 2. The van der Waals surface area contributed by atoms with Crippen molar-refractivity contribution in [3.8, 4) is 11.5 Å². The first kappa shape index (κ1) is 64.7. The minimum atomic E-state index is 0.103. The summed E-state index contributed by atoms with van der Waals surface area (Å²) in [5.74, 6) is 2.90. The largest absolute Gasteiger partial charge is 0.491 e. The Morgan fingerprint density at radius 1 is 0.293 bits per heavy atom. The molecule has 92 heavy (non-hydrogen) atoms. The van der Waals surface area contributed by atoms with Gasteiger partial charge < -0.3 is 28.4 Å². The Balaban J connectivity index is 0.955.